The van der Waals surface area contributed by atoms with E-state index < -0.39 is 48.3 Å². The third-order valence-electron chi connectivity index (χ3n) is 2.70. The van der Waals surface area contributed by atoms with Gasteiger partial charge in [0.1, 0.15) is 0 Å². The van der Waals surface area contributed by atoms with Crippen molar-refractivity contribution in [1.82, 2.24) is 0 Å². The Balaban J connectivity index is 4.83. The van der Waals surface area contributed by atoms with Crippen molar-refractivity contribution in [2.75, 3.05) is 0 Å². The van der Waals surface area contributed by atoms with Gasteiger partial charge in [0.25, 0.3) is 0 Å². The molecular weight excluding hydrogens is 346 g/mol. The SMILES string of the molecule is CC(C)C(OC(=O)/C=C/C(=O)OC(C(C)C)C(F)(F)F)C(F)(F)F. The summed E-state index contributed by atoms with van der Waals surface area (Å²) < 4.78 is 84.0. The molecule has 0 heterocycles. The predicted octanol–water partition coefficient (Wildman–Crippen LogP) is 3.80. The maximum Gasteiger partial charge on any atom is 0.425 e. The van der Waals surface area contributed by atoms with Gasteiger partial charge in [-0.3, -0.25) is 0 Å². The molecule has 4 nitrogen and oxygen atoms in total. The van der Waals surface area contributed by atoms with Crippen LogP contribution in [0, 0.1) is 11.8 Å². The van der Waals surface area contributed by atoms with Gasteiger partial charge in [0.15, 0.2) is 12.2 Å². The fourth-order valence-corrected chi connectivity index (χ4v) is 1.63. The number of hydrogen-bond acceptors (Lipinski definition) is 4. The van der Waals surface area contributed by atoms with Crippen LogP contribution in [0.25, 0.3) is 0 Å². The highest BCUT2D eigenvalue weighted by Crippen LogP contribution is 2.29. The first-order valence-corrected chi connectivity index (χ1v) is 6.89. The average molecular weight is 364 g/mol. The van der Waals surface area contributed by atoms with Gasteiger partial charge >= 0.3 is 24.3 Å². The Morgan fingerprint density at radius 2 is 0.958 bits per heavy atom. The van der Waals surface area contributed by atoms with E-state index in [-0.39, 0.29) is 12.2 Å². The first-order chi connectivity index (χ1) is 10.7. The number of halogens is 6. The van der Waals surface area contributed by atoms with Crippen LogP contribution in [0.1, 0.15) is 27.7 Å². The monoisotopic (exact) mass is 364 g/mol. The molecule has 2 unspecified atom stereocenters. The van der Waals surface area contributed by atoms with Crippen LogP contribution in [-0.4, -0.2) is 36.5 Å². The summed E-state index contributed by atoms with van der Waals surface area (Å²) in [7, 11) is 0. The Labute approximate surface area is 134 Å². The van der Waals surface area contributed by atoms with Crippen molar-refractivity contribution in [3.8, 4) is 0 Å². The molecule has 0 radical (unpaired) electrons. The number of carbonyl (C=O) groups is 2. The lowest BCUT2D eigenvalue weighted by Crippen LogP contribution is -2.38. The molecule has 140 valence electrons. The zero-order chi connectivity index (χ0) is 19.3. The minimum atomic E-state index is -4.81. The van der Waals surface area contributed by atoms with Gasteiger partial charge in [-0.15, -0.1) is 0 Å². The van der Waals surface area contributed by atoms with E-state index in [1.165, 1.54) is 27.7 Å². The predicted molar refractivity (Wildman–Crippen MR) is 70.7 cm³/mol. The topological polar surface area (TPSA) is 52.6 Å². The molecule has 0 rings (SSSR count). The van der Waals surface area contributed by atoms with Gasteiger partial charge in [-0.2, -0.15) is 26.3 Å². The van der Waals surface area contributed by atoms with Crippen molar-refractivity contribution >= 4 is 11.9 Å². The van der Waals surface area contributed by atoms with Gasteiger partial charge < -0.3 is 9.47 Å². The summed E-state index contributed by atoms with van der Waals surface area (Å²) >= 11 is 0. The summed E-state index contributed by atoms with van der Waals surface area (Å²) in [5.74, 6) is -5.19. The number of alkyl halides is 6. The van der Waals surface area contributed by atoms with Crippen LogP contribution in [0.2, 0.25) is 0 Å². The van der Waals surface area contributed by atoms with Crippen LogP contribution >= 0.6 is 0 Å². The summed E-state index contributed by atoms with van der Waals surface area (Å²) in [6.07, 6.45) is -13.8. The van der Waals surface area contributed by atoms with E-state index in [2.05, 4.69) is 9.47 Å². The van der Waals surface area contributed by atoms with Crippen LogP contribution < -0.4 is 0 Å². The van der Waals surface area contributed by atoms with E-state index in [0.29, 0.717) is 0 Å². The maximum atomic E-state index is 12.6. The average Bonchev–Trinajstić information content (AvgIpc) is 2.36. The lowest BCUT2D eigenvalue weighted by molar-refractivity contribution is -0.229. The standard InChI is InChI=1S/C14H18F6O4/c1-7(2)11(13(15,16)17)23-9(21)5-6-10(22)24-12(8(3)4)14(18,19)20/h5-8,11-12H,1-4H3/b6-5+. The molecule has 24 heavy (non-hydrogen) atoms. The molecule has 0 aromatic rings. The molecule has 0 saturated carbocycles. The highest BCUT2D eigenvalue weighted by Gasteiger charge is 2.45. The fraction of sp³-hybridized carbons (Fsp3) is 0.714. The van der Waals surface area contributed by atoms with Gasteiger partial charge in [0, 0.05) is 12.2 Å². The second-order valence-electron chi connectivity index (χ2n) is 5.62. The molecule has 0 saturated heterocycles. The van der Waals surface area contributed by atoms with Crippen molar-refractivity contribution < 1.29 is 45.4 Å². The molecule has 0 aromatic heterocycles. The Morgan fingerprint density at radius 1 is 0.708 bits per heavy atom. The zero-order valence-corrected chi connectivity index (χ0v) is 13.4. The largest absolute Gasteiger partial charge is 0.449 e. The summed E-state index contributed by atoms with van der Waals surface area (Å²) in [4.78, 5) is 22.6. The van der Waals surface area contributed by atoms with Crippen molar-refractivity contribution in [3.63, 3.8) is 0 Å². The lowest BCUT2D eigenvalue weighted by Gasteiger charge is -2.23. The number of carbonyl (C=O) groups excluding carboxylic acids is 2. The van der Waals surface area contributed by atoms with Crippen LogP contribution in [-0.2, 0) is 19.1 Å². The van der Waals surface area contributed by atoms with Crippen molar-refractivity contribution in [3.05, 3.63) is 12.2 Å². The Morgan fingerprint density at radius 3 is 1.12 bits per heavy atom. The van der Waals surface area contributed by atoms with Crippen LogP contribution in [0.4, 0.5) is 26.3 Å². The zero-order valence-electron chi connectivity index (χ0n) is 13.4. The summed E-state index contributed by atoms with van der Waals surface area (Å²) in [6.45, 7) is 4.67. The van der Waals surface area contributed by atoms with Crippen molar-refractivity contribution in [2.45, 2.75) is 52.3 Å². The number of rotatable bonds is 6. The second-order valence-corrected chi connectivity index (χ2v) is 5.62. The normalized spacial score (nSPS) is 15.7. The van der Waals surface area contributed by atoms with E-state index in [1.54, 1.807) is 0 Å². The van der Waals surface area contributed by atoms with Crippen molar-refractivity contribution in [1.29, 1.82) is 0 Å². The van der Waals surface area contributed by atoms with Crippen molar-refractivity contribution in [2.24, 2.45) is 11.8 Å². The van der Waals surface area contributed by atoms with E-state index >= 15 is 0 Å². The minimum Gasteiger partial charge on any atom is -0.449 e. The van der Waals surface area contributed by atoms with Gasteiger partial charge in [-0.1, -0.05) is 27.7 Å². The van der Waals surface area contributed by atoms with Crippen LogP contribution in [0.15, 0.2) is 12.2 Å². The molecule has 0 aliphatic carbocycles. The Kier molecular flexibility index (Phi) is 7.78. The molecule has 0 aliphatic rings. The van der Waals surface area contributed by atoms with Gasteiger partial charge in [-0.25, -0.2) is 9.59 Å². The number of esters is 2. The second kappa shape index (κ2) is 8.39. The molecule has 0 aromatic carbocycles. The smallest absolute Gasteiger partial charge is 0.425 e. The third-order valence-corrected chi connectivity index (χ3v) is 2.70. The minimum absolute atomic E-state index is 0.289. The Hall–Kier alpha value is -1.74. The number of hydrogen-bond donors (Lipinski definition) is 0. The molecule has 2 atom stereocenters. The van der Waals surface area contributed by atoms with Gasteiger partial charge in [0.05, 0.1) is 0 Å². The molecule has 0 bridgehead atoms. The number of ether oxygens (including phenoxy) is 2. The molecule has 10 heteroatoms. The molecule has 0 aliphatic heterocycles. The third kappa shape index (κ3) is 7.69. The van der Waals surface area contributed by atoms with Crippen LogP contribution in [0.5, 0.6) is 0 Å². The van der Waals surface area contributed by atoms with Crippen LogP contribution in [0.3, 0.4) is 0 Å². The van der Waals surface area contributed by atoms with E-state index in [0.717, 1.165) is 0 Å². The molecule has 0 fully saturated rings. The molecular formula is C14H18F6O4. The summed E-state index contributed by atoms with van der Waals surface area (Å²) in [5, 5.41) is 0. The highest BCUT2D eigenvalue weighted by atomic mass is 19.4. The Bertz CT molecular complexity index is 423. The first kappa shape index (κ1) is 22.3. The fourth-order valence-electron chi connectivity index (χ4n) is 1.63. The van der Waals surface area contributed by atoms with E-state index in [1.807, 2.05) is 0 Å². The molecule has 0 N–H and O–H groups in total. The molecule has 0 spiro atoms. The van der Waals surface area contributed by atoms with Gasteiger partial charge in [0.2, 0.25) is 0 Å². The van der Waals surface area contributed by atoms with E-state index in [9.17, 15) is 35.9 Å². The summed E-state index contributed by atoms with van der Waals surface area (Å²) in [6, 6.07) is 0. The molecule has 0 amide bonds. The summed E-state index contributed by atoms with van der Waals surface area (Å²) in [5.41, 5.74) is 0. The lowest BCUT2D eigenvalue weighted by atomic mass is 10.1. The van der Waals surface area contributed by atoms with Gasteiger partial charge in [-0.05, 0) is 11.8 Å². The quantitative estimate of drug-likeness (QED) is 0.409. The first-order valence-electron chi connectivity index (χ1n) is 6.89. The van der Waals surface area contributed by atoms with E-state index in [4.69, 9.17) is 0 Å². The maximum absolute atomic E-state index is 12.6. The highest BCUT2D eigenvalue weighted by molar-refractivity contribution is 5.91.